The van der Waals surface area contributed by atoms with Gasteiger partial charge < -0.3 is 4.90 Å². The zero-order valence-electron chi connectivity index (χ0n) is 15.2. The maximum atomic E-state index is 13.4. The van der Waals surface area contributed by atoms with Gasteiger partial charge in [-0.25, -0.2) is 13.8 Å². The maximum absolute atomic E-state index is 13.4. The highest BCUT2D eigenvalue weighted by Gasteiger charge is 2.49. The molecule has 3 fully saturated rings. The molecule has 26 heavy (non-hydrogen) atoms. The van der Waals surface area contributed by atoms with Crippen LogP contribution in [0.15, 0.2) is 24.3 Å². The van der Waals surface area contributed by atoms with Crippen LogP contribution in [0, 0.1) is 12.8 Å². The van der Waals surface area contributed by atoms with Crippen LogP contribution in [0.1, 0.15) is 17.2 Å². The molecule has 0 bridgehead atoms. The molecular formula is C18H26N4O3S. The fourth-order valence-electron chi connectivity index (χ4n) is 4.52. The number of carbonyl (C=O) groups is 1. The van der Waals surface area contributed by atoms with Gasteiger partial charge in [-0.05, 0) is 19.5 Å². The number of benzene rings is 1. The normalized spacial score (nSPS) is 34.0. The monoisotopic (exact) mass is 378 g/mol. The van der Waals surface area contributed by atoms with Crippen LogP contribution in [0.25, 0.3) is 0 Å². The lowest BCUT2D eigenvalue weighted by molar-refractivity contribution is -0.141. The first-order valence-corrected chi connectivity index (χ1v) is 10.9. The highest BCUT2D eigenvalue weighted by Crippen LogP contribution is 2.31. The molecule has 3 saturated heterocycles. The van der Waals surface area contributed by atoms with Crippen LogP contribution in [-0.2, 0) is 14.6 Å². The van der Waals surface area contributed by atoms with Crippen LogP contribution >= 0.6 is 0 Å². The van der Waals surface area contributed by atoms with E-state index in [4.69, 9.17) is 0 Å². The second-order valence-electron chi connectivity index (χ2n) is 7.75. The predicted molar refractivity (Wildman–Crippen MR) is 99.1 cm³/mol. The van der Waals surface area contributed by atoms with Crippen molar-refractivity contribution in [2.45, 2.75) is 25.0 Å². The Hall–Kier alpha value is -1.48. The number of aryl methyl sites for hydroxylation is 1. The zero-order chi connectivity index (χ0) is 18.5. The summed E-state index contributed by atoms with van der Waals surface area (Å²) in [6.07, 6.45) is 0. The largest absolute Gasteiger partial charge is 0.335 e. The van der Waals surface area contributed by atoms with Crippen molar-refractivity contribution in [2.75, 3.05) is 38.2 Å². The molecule has 3 aliphatic heterocycles. The molecule has 0 radical (unpaired) electrons. The summed E-state index contributed by atoms with van der Waals surface area (Å²) in [5.41, 5.74) is 8.59. The Morgan fingerprint density at radius 2 is 1.96 bits per heavy atom. The molecule has 7 nitrogen and oxygen atoms in total. The summed E-state index contributed by atoms with van der Waals surface area (Å²) < 4.78 is 24.3. The molecule has 0 spiro atoms. The number of likely N-dealkylation sites (N-methyl/N-ethyl adjacent to an activating group) is 1. The molecule has 0 aliphatic carbocycles. The van der Waals surface area contributed by atoms with Crippen LogP contribution in [-0.4, -0.2) is 74.4 Å². The predicted octanol–water partition coefficient (Wildman–Crippen LogP) is -0.300. The Morgan fingerprint density at radius 3 is 2.73 bits per heavy atom. The molecule has 4 rings (SSSR count). The first-order chi connectivity index (χ1) is 12.4. The molecule has 1 aromatic carbocycles. The van der Waals surface area contributed by atoms with Crippen molar-refractivity contribution >= 4 is 15.7 Å². The fraction of sp³-hybridized carbons (Fsp3) is 0.611. The van der Waals surface area contributed by atoms with Crippen LogP contribution in [0.4, 0.5) is 0 Å². The first kappa shape index (κ1) is 17.9. The highest BCUT2D eigenvalue weighted by atomic mass is 32.2. The number of carbonyl (C=O) groups excluding carboxylic acids is 1. The van der Waals surface area contributed by atoms with E-state index in [0.717, 1.165) is 11.1 Å². The van der Waals surface area contributed by atoms with Gasteiger partial charge in [-0.1, -0.05) is 29.8 Å². The van der Waals surface area contributed by atoms with Crippen molar-refractivity contribution in [1.82, 2.24) is 20.7 Å². The van der Waals surface area contributed by atoms with E-state index in [0.29, 0.717) is 19.6 Å². The molecule has 3 aliphatic rings. The lowest BCUT2D eigenvalue weighted by Crippen LogP contribution is -2.60. The van der Waals surface area contributed by atoms with Gasteiger partial charge in [0.1, 0.15) is 0 Å². The van der Waals surface area contributed by atoms with Crippen molar-refractivity contribution in [1.29, 1.82) is 0 Å². The van der Waals surface area contributed by atoms with E-state index >= 15 is 0 Å². The summed E-state index contributed by atoms with van der Waals surface area (Å²) in [6.45, 7) is 3.89. The standard InChI is InChI=1S/C18H26N4O3S/c1-12-4-3-5-13(8-12)17-14(9-19-20-17)18(23)22-7-6-21(2)15-10-26(24,25)11-16(15)22/h3-5,8,14-17,19-20H,6-7,9-11H2,1-2H3/t14?,15-,16+,17?/m0/s1. The van der Waals surface area contributed by atoms with Gasteiger partial charge in [0.2, 0.25) is 5.91 Å². The summed E-state index contributed by atoms with van der Waals surface area (Å²) in [6, 6.07) is 7.75. The second-order valence-corrected chi connectivity index (χ2v) is 9.90. The Balaban J connectivity index is 1.58. The smallest absolute Gasteiger partial charge is 0.229 e. The molecule has 142 valence electrons. The number of sulfone groups is 1. The zero-order valence-corrected chi connectivity index (χ0v) is 16.0. The summed E-state index contributed by atoms with van der Waals surface area (Å²) in [4.78, 5) is 17.3. The molecule has 3 heterocycles. The molecule has 8 heteroatoms. The Bertz CT molecular complexity index is 812. The number of fused-ring (bicyclic) bond motifs is 1. The molecular weight excluding hydrogens is 352 g/mol. The Kier molecular flexibility index (Phi) is 4.54. The third-order valence-corrected chi connectivity index (χ3v) is 7.64. The number of hydrogen-bond acceptors (Lipinski definition) is 6. The van der Waals surface area contributed by atoms with E-state index in [9.17, 15) is 13.2 Å². The van der Waals surface area contributed by atoms with Gasteiger partial charge >= 0.3 is 0 Å². The topological polar surface area (TPSA) is 81.8 Å². The maximum Gasteiger partial charge on any atom is 0.229 e. The minimum Gasteiger partial charge on any atom is -0.335 e. The third kappa shape index (κ3) is 3.15. The molecule has 1 aromatic rings. The second kappa shape index (κ2) is 6.60. The third-order valence-electron chi connectivity index (χ3n) is 5.94. The fourth-order valence-corrected chi connectivity index (χ4v) is 6.57. The molecule has 2 unspecified atom stereocenters. The summed E-state index contributed by atoms with van der Waals surface area (Å²) in [5, 5.41) is 0. The van der Waals surface area contributed by atoms with E-state index in [-0.39, 0.29) is 41.5 Å². The van der Waals surface area contributed by atoms with E-state index in [2.05, 4.69) is 21.8 Å². The summed E-state index contributed by atoms with van der Waals surface area (Å²) >= 11 is 0. The summed E-state index contributed by atoms with van der Waals surface area (Å²) in [5.74, 6) is 0.0509. The number of piperazine rings is 1. The number of hydrogen-bond donors (Lipinski definition) is 2. The first-order valence-electron chi connectivity index (χ1n) is 9.12. The van der Waals surface area contributed by atoms with E-state index in [1.807, 2.05) is 37.1 Å². The van der Waals surface area contributed by atoms with E-state index in [1.54, 1.807) is 0 Å². The molecule has 1 amide bonds. The van der Waals surface area contributed by atoms with Gasteiger partial charge in [0.05, 0.1) is 29.5 Å². The van der Waals surface area contributed by atoms with Crippen LogP contribution < -0.4 is 10.9 Å². The summed E-state index contributed by atoms with van der Waals surface area (Å²) in [7, 11) is -1.14. The van der Waals surface area contributed by atoms with Crippen molar-refractivity contribution in [3.05, 3.63) is 35.4 Å². The van der Waals surface area contributed by atoms with Crippen molar-refractivity contribution < 1.29 is 13.2 Å². The Labute approximate surface area is 154 Å². The van der Waals surface area contributed by atoms with Crippen molar-refractivity contribution in [2.24, 2.45) is 5.92 Å². The van der Waals surface area contributed by atoms with E-state index < -0.39 is 9.84 Å². The molecule has 0 saturated carbocycles. The number of amides is 1. The van der Waals surface area contributed by atoms with Gasteiger partial charge in [-0.15, -0.1) is 0 Å². The number of nitrogens with zero attached hydrogens (tertiary/aromatic N) is 2. The number of hydrazine groups is 1. The average Bonchev–Trinajstić information content (AvgIpc) is 3.19. The van der Waals surface area contributed by atoms with Gasteiger partial charge in [0.25, 0.3) is 0 Å². The SMILES string of the molecule is Cc1cccc(C2NNCC2C(=O)N2CCN(C)[C@H]3CS(=O)(=O)C[C@H]32)c1. The minimum atomic E-state index is -3.09. The Morgan fingerprint density at radius 1 is 1.19 bits per heavy atom. The van der Waals surface area contributed by atoms with Crippen LogP contribution in [0.3, 0.4) is 0 Å². The van der Waals surface area contributed by atoms with Crippen molar-refractivity contribution in [3.8, 4) is 0 Å². The quantitative estimate of drug-likeness (QED) is 0.735. The lowest BCUT2D eigenvalue weighted by atomic mass is 9.91. The van der Waals surface area contributed by atoms with Gasteiger partial charge in [-0.2, -0.15) is 0 Å². The van der Waals surface area contributed by atoms with Gasteiger partial charge in [0, 0.05) is 25.7 Å². The average molecular weight is 378 g/mol. The van der Waals surface area contributed by atoms with Gasteiger partial charge in [0.15, 0.2) is 9.84 Å². The molecule has 0 aromatic heterocycles. The highest BCUT2D eigenvalue weighted by molar-refractivity contribution is 7.91. The van der Waals surface area contributed by atoms with Gasteiger partial charge in [-0.3, -0.25) is 15.1 Å². The number of nitrogens with one attached hydrogen (secondary N) is 2. The van der Waals surface area contributed by atoms with Crippen LogP contribution in [0.5, 0.6) is 0 Å². The van der Waals surface area contributed by atoms with E-state index in [1.165, 1.54) is 0 Å². The van der Waals surface area contributed by atoms with Crippen LogP contribution in [0.2, 0.25) is 0 Å². The molecule has 2 N–H and O–H groups in total. The van der Waals surface area contributed by atoms with Crippen molar-refractivity contribution in [3.63, 3.8) is 0 Å². The molecule has 4 atom stereocenters. The lowest BCUT2D eigenvalue weighted by Gasteiger charge is -2.43. The minimum absolute atomic E-state index is 0.0502. The number of rotatable bonds is 2.